The Morgan fingerprint density at radius 1 is 0.773 bits per heavy atom. The summed E-state index contributed by atoms with van der Waals surface area (Å²) >= 11 is 0. The van der Waals surface area contributed by atoms with Crippen LogP contribution in [0.2, 0.25) is 0 Å². The van der Waals surface area contributed by atoms with Gasteiger partial charge in [0, 0.05) is 0 Å². The maximum Gasteiger partial charge on any atom is 0.194 e. The third kappa shape index (κ3) is 2.49. The van der Waals surface area contributed by atoms with Crippen LogP contribution in [0, 0.1) is 6.57 Å². The molecule has 0 radical (unpaired) electrons. The molecule has 3 aromatic carbocycles. The van der Waals surface area contributed by atoms with E-state index in [4.69, 9.17) is 6.57 Å². The molecule has 0 aliphatic rings. The number of hydrogen-bond donors (Lipinski definition) is 0. The van der Waals surface area contributed by atoms with Crippen molar-refractivity contribution in [3.05, 3.63) is 77.6 Å². The quantitative estimate of drug-likeness (QED) is 0.458. The van der Waals surface area contributed by atoms with Gasteiger partial charge in [-0.2, -0.15) is 0 Å². The first-order valence-corrected chi connectivity index (χ1v) is 7.51. The molecule has 108 valence electrons. The molecule has 0 spiro atoms. The first-order valence-electron chi connectivity index (χ1n) is 7.51. The highest BCUT2D eigenvalue weighted by Gasteiger charge is 2.14. The van der Waals surface area contributed by atoms with Gasteiger partial charge in [-0.1, -0.05) is 81.4 Å². The van der Waals surface area contributed by atoms with Gasteiger partial charge in [0.05, 0.1) is 6.57 Å². The van der Waals surface area contributed by atoms with Crippen LogP contribution in [0.15, 0.2) is 60.7 Å². The molecular formula is C21H19N. The summed E-state index contributed by atoms with van der Waals surface area (Å²) < 4.78 is 0. The van der Waals surface area contributed by atoms with E-state index in [1.54, 1.807) is 0 Å². The second-order valence-corrected chi connectivity index (χ2v) is 6.62. The molecule has 0 unspecified atom stereocenters. The Labute approximate surface area is 132 Å². The topological polar surface area (TPSA) is 4.36 Å². The second-order valence-electron chi connectivity index (χ2n) is 6.62. The van der Waals surface area contributed by atoms with Crippen LogP contribution >= 0.6 is 0 Å². The molecule has 0 atom stereocenters. The molecule has 0 N–H and O–H groups in total. The van der Waals surface area contributed by atoms with Gasteiger partial charge >= 0.3 is 0 Å². The second kappa shape index (κ2) is 5.31. The molecule has 0 aliphatic carbocycles. The first-order chi connectivity index (χ1) is 10.5. The van der Waals surface area contributed by atoms with Crippen LogP contribution in [-0.2, 0) is 5.41 Å². The number of benzene rings is 3. The van der Waals surface area contributed by atoms with E-state index in [-0.39, 0.29) is 5.41 Å². The van der Waals surface area contributed by atoms with Crippen LogP contribution in [0.1, 0.15) is 26.3 Å². The van der Waals surface area contributed by atoms with Gasteiger partial charge in [0.1, 0.15) is 0 Å². The van der Waals surface area contributed by atoms with Crippen LogP contribution in [-0.4, -0.2) is 0 Å². The summed E-state index contributed by atoms with van der Waals surface area (Å²) in [6.45, 7) is 14.0. The number of fused-ring (bicyclic) bond motifs is 1. The van der Waals surface area contributed by atoms with E-state index in [0.29, 0.717) is 5.69 Å². The van der Waals surface area contributed by atoms with E-state index >= 15 is 0 Å². The fraction of sp³-hybridized carbons (Fsp3) is 0.190. The van der Waals surface area contributed by atoms with E-state index in [9.17, 15) is 0 Å². The molecule has 0 aliphatic heterocycles. The van der Waals surface area contributed by atoms with E-state index in [2.05, 4.69) is 62.0 Å². The third-order valence-corrected chi connectivity index (χ3v) is 4.08. The minimum atomic E-state index is 0.161. The van der Waals surface area contributed by atoms with Crippen molar-refractivity contribution in [2.75, 3.05) is 0 Å². The zero-order valence-corrected chi connectivity index (χ0v) is 13.2. The van der Waals surface area contributed by atoms with Crippen molar-refractivity contribution in [2.24, 2.45) is 0 Å². The van der Waals surface area contributed by atoms with Crippen LogP contribution in [0.5, 0.6) is 0 Å². The Kier molecular flexibility index (Phi) is 3.47. The molecule has 1 heteroatoms. The van der Waals surface area contributed by atoms with E-state index in [0.717, 1.165) is 10.8 Å². The summed E-state index contributed by atoms with van der Waals surface area (Å²) in [4.78, 5) is 3.63. The highest BCUT2D eigenvalue weighted by molar-refractivity contribution is 6.03. The normalized spacial score (nSPS) is 11.4. The molecule has 0 saturated carbocycles. The standard InChI is InChI=1S/C21H19N/c1-21(2,3)16-11-9-15(10-12-16)17-13-14-20(22-4)19-8-6-5-7-18(17)19/h5-14H,1-3H3. The Bertz CT molecular complexity index is 859. The fourth-order valence-corrected chi connectivity index (χ4v) is 2.78. The van der Waals surface area contributed by atoms with Crippen LogP contribution in [0.4, 0.5) is 5.69 Å². The lowest BCUT2D eigenvalue weighted by atomic mass is 9.86. The van der Waals surface area contributed by atoms with Gasteiger partial charge in [-0.3, -0.25) is 0 Å². The van der Waals surface area contributed by atoms with Crippen LogP contribution in [0.25, 0.3) is 26.7 Å². The van der Waals surface area contributed by atoms with Gasteiger partial charge in [0.2, 0.25) is 0 Å². The Morgan fingerprint density at radius 2 is 1.41 bits per heavy atom. The van der Waals surface area contributed by atoms with Gasteiger partial charge < -0.3 is 0 Å². The average Bonchev–Trinajstić information content (AvgIpc) is 2.53. The smallest absolute Gasteiger partial charge is 0.194 e. The molecule has 0 saturated heterocycles. The number of rotatable bonds is 1. The maximum absolute atomic E-state index is 7.32. The summed E-state index contributed by atoms with van der Waals surface area (Å²) in [5, 5.41) is 2.16. The molecule has 3 rings (SSSR count). The van der Waals surface area contributed by atoms with Crippen molar-refractivity contribution in [3.8, 4) is 11.1 Å². The molecule has 3 aromatic rings. The van der Waals surface area contributed by atoms with E-state index in [1.807, 2.05) is 24.3 Å². The monoisotopic (exact) mass is 285 g/mol. The van der Waals surface area contributed by atoms with Crippen molar-refractivity contribution < 1.29 is 0 Å². The Morgan fingerprint density at radius 3 is 2.00 bits per heavy atom. The lowest BCUT2D eigenvalue weighted by molar-refractivity contribution is 0.590. The fourth-order valence-electron chi connectivity index (χ4n) is 2.78. The zero-order valence-electron chi connectivity index (χ0n) is 13.2. The SMILES string of the molecule is [C-]#[N+]c1ccc(-c2ccc(C(C)(C)C)cc2)c2ccccc12. The molecule has 0 bridgehead atoms. The highest BCUT2D eigenvalue weighted by atomic mass is 14.6. The Hall–Kier alpha value is -2.59. The van der Waals surface area contributed by atoms with E-state index < -0.39 is 0 Å². The number of hydrogen-bond acceptors (Lipinski definition) is 0. The predicted molar refractivity (Wildman–Crippen MR) is 94.3 cm³/mol. The van der Waals surface area contributed by atoms with Crippen molar-refractivity contribution in [3.63, 3.8) is 0 Å². The van der Waals surface area contributed by atoms with Gasteiger partial charge in [-0.05, 0) is 32.9 Å². The molecule has 0 aromatic heterocycles. The molecule has 0 heterocycles. The summed E-state index contributed by atoms with van der Waals surface area (Å²) in [7, 11) is 0. The van der Waals surface area contributed by atoms with Crippen LogP contribution in [0.3, 0.4) is 0 Å². The maximum atomic E-state index is 7.32. The lowest BCUT2D eigenvalue weighted by Gasteiger charge is -2.19. The van der Waals surface area contributed by atoms with Crippen molar-refractivity contribution in [1.82, 2.24) is 0 Å². The van der Waals surface area contributed by atoms with E-state index in [1.165, 1.54) is 16.7 Å². The van der Waals surface area contributed by atoms with Gasteiger partial charge in [0.15, 0.2) is 5.69 Å². The molecule has 0 fully saturated rings. The summed E-state index contributed by atoms with van der Waals surface area (Å²) in [6, 6.07) is 20.9. The van der Waals surface area contributed by atoms with Crippen LogP contribution < -0.4 is 0 Å². The highest BCUT2D eigenvalue weighted by Crippen LogP contribution is 2.35. The average molecular weight is 285 g/mol. The minimum absolute atomic E-state index is 0.161. The van der Waals surface area contributed by atoms with Crippen molar-refractivity contribution in [2.45, 2.75) is 26.2 Å². The third-order valence-electron chi connectivity index (χ3n) is 4.08. The molecule has 0 amide bonds. The number of nitrogens with zero attached hydrogens (tertiary/aromatic N) is 1. The predicted octanol–water partition coefficient (Wildman–Crippen LogP) is 6.36. The summed E-state index contributed by atoms with van der Waals surface area (Å²) in [5.41, 5.74) is 4.59. The van der Waals surface area contributed by atoms with Crippen molar-refractivity contribution in [1.29, 1.82) is 0 Å². The minimum Gasteiger partial charge on any atom is -0.238 e. The first kappa shape index (κ1) is 14.4. The molecular weight excluding hydrogens is 266 g/mol. The van der Waals surface area contributed by atoms with Crippen molar-refractivity contribution >= 4 is 16.5 Å². The molecule has 22 heavy (non-hydrogen) atoms. The lowest BCUT2D eigenvalue weighted by Crippen LogP contribution is -2.10. The largest absolute Gasteiger partial charge is 0.238 e. The van der Waals surface area contributed by atoms with Gasteiger partial charge in [-0.15, -0.1) is 0 Å². The summed E-state index contributed by atoms with van der Waals surface area (Å²) in [5.74, 6) is 0. The summed E-state index contributed by atoms with van der Waals surface area (Å²) in [6.07, 6.45) is 0. The Balaban J connectivity index is 2.17. The van der Waals surface area contributed by atoms with Gasteiger partial charge in [0.25, 0.3) is 0 Å². The zero-order chi connectivity index (χ0) is 15.7. The van der Waals surface area contributed by atoms with Gasteiger partial charge in [-0.25, -0.2) is 4.85 Å². The molecule has 1 nitrogen and oxygen atoms in total.